The Morgan fingerprint density at radius 2 is 1.40 bits per heavy atom. The minimum absolute atomic E-state index is 1.88. The summed E-state index contributed by atoms with van der Waals surface area (Å²) in [5, 5.41) is 9.25. The quantitative estimate of drug-likeness (QED) is 0.331. The van der Waals surface area contributed by atoms with Crippen LogP contribution in [-0.4, -0.2) is 19.3 Å². The van der Waals surface area contributed by atoms with E-state index in [4.69, 9.17) is 5.21 Å². The van der Waals surface area contributed by atoms with Crippen molar-refractivity contribution in [3.63, 3.8) is 0 Å². The highest BCUT2D eigenvalue weighted by atomic mass is 16.4. The zero-order valence-electron chi connectivity index (χ0n) is 3.52. The summed E-state index contributed by atoms with van der Waals surface area (Å²) in [6, 6.07) is 0. The lowest BCUT2D eigenvalue weighted by atomic mass is 11.3. The molecule has 0 radical (unpaired) electrons. The van der Waals surface area contributed by atoms with Crippen LogP contribution in [0, 0.1) is 0 Å². The molecule has 0 aromatic rings. The van der Waals surface area contributed by atoms with Crippen LogP contribution in [0.1, 0.15) is 0 Å². The molecule has 0 heterocycles. The average Bonchev–Trinajstić information content (AvgIpc) is 1.46. The normalized spacial score (nSPS) is 4.80. The van der Waals surface area contributed by atoms with Crippen molar-refractivity contribution in [3.05, 3.63) is 0 Å². The number of nitrogens with two attached hydrogens (primary N) is 1. The smallest absolute Gasteiger partial charge is 0.0167 e. The lowest BCUT2D eigenvalue weighted by Gasteiger charge is -1.59. The van der Waals surface area contributed by atoms with E-state index in [9.17, 15) is 0 Å². The van der Waals surface area contributed by atoms with Gasteiger partial charge in [-0.05, 0) is 14.1 Å². The van der Waals surface area contributed by atoms with Crippen LogP contribution in [0.15, 0.2) is 0 Å². The predicted octanol–water partition coefficient (Wildman–Crippen LogP) is -0.830. The molecule has 0 rings (SSSR count). The highest BCUT2D eigenvalue weighted by molar-refractivity contribution is 3.91. The van der Waals surface area contributed by atoms with Gasteiger partial charge in [-0.1, -0.05) is 0 Å². The monoisotopic (exact) mass is 78.1 g/mol. The fraction of sp³-hybridized carbons (Fsp3) is 1.00. The van der Waals surface area contributed by atoms with Crippen LogP contribution in [0.25, 0.3) is 0 Å². The summed E-state index contributed by atoms with van der Waals surface area (Å²) in [5.41, 5.74) is 0. The van der Waals surface area contributed by atoms with Crippen LogP contribution >= 0.6 is 0 Å². The molecule has 0 aliphatic carbocycles. The summed E-state index contributed by atoms with van der Waals surface area (Å²) in [4.78, 5) is 0. The summed E-state index contributed by atoms with van der Waals surface area (Å²) in [6.07, 6.45) is 0. The fourth-order valence-electron chi connectivity index (χ4n) is 0. The number of hydrogen-bond donors (Lipinski definition) is 3. The Labute approximate surface area is 31.7 Å². The van der Waals surface area contributed by atoms with Gasteiger partial charge < -0.3 is 10.5 Å². The lowest BCUT2D eigenvalue weighted by molar-refractivity contribution is 0.311. The number of hydrogen-bond acceptors (Lipinski definition) is 3. The Kier molecular flexibility index (Phi) is 73.6. The molecule has 0 aromatic carbocycles. The van der Waals surface area contributed by atoms with Gasteiger partial charge >= 0.3 is 0 Å². The first kappa shape index (κ1) is 8.86. The van der Waals surface area contributed by atoms with Gasteiger partial charge in [0, 0.05) is 0 Å². The van der Waals surface area contributed by atoms with E-state index in [0.29, 0.717) is 0 Å². The van der Waals surface area contributed by atoms with Crippen molar-refractivity contribution in [2.45, 2.75) is 0 Å². The molecule has 3 nitrogen and oxygen atoms in total. The maximum absolute atomic E-state index is 6.50. The maximum Gasteiger partial charge on any atom is -0.0167 e. The van der Waals surface area contributed by atoms with E-state index in [2.05, 4.69) is 11.2 Å². The third-order valence-corrected chi connectivity index (χ3v) is 0. The van der Waals surface area contributed by atoms with Crippen molar-refractivity contribution in [2.75, 3.05) is 14.1 Å². The molecule has 0 fully saturated rings. The third-order valence-electron chi connectivity index (χ3n) is 0. The standard InChI is InChI=1S/C2H7N.H3NO/c1-3-2;1-2/h3H,1-2H3;2H,1H2. The van der Waals surface area contributed by atoms with Gasteiger partial charge in [0.05, 0.1) is 0 Å². The highest BCUT2D eigenvalue weighted by Gasteiger charge is 1.25. The SMILES string of the molecule is CNC.NO. The molecule has 0 aliphatic heterocycles. The van der Waals surface area contributed by atoms with Gasteiger partial charge in [0.1, 0.15) is 0 Å². The molecule has 0 saturated carbocycles. The molecule has 3 heteroatoms. The van der Waals surface area contributed by atoms with Crippen LogP contribution in [-0.2, 0) is 0 Å². The first-order chi connectivity index (χ1) is 2.41. The Hall–Kier alpha value is -0.120. The first-order valence-electron chi connectivity index (χ1n) is 1.26. The first-order valence-corrected chi connectivity index (χ1v) is 1.26. The topological polar surface area (TPSA) is 58.3 Å². The highest BCUT2D eigenvalue weighted by Crippen LogP contribution is 0.981. The van der Waals surface area contributed by atoms with Crippen LogP contribution in [0.2, 0.25) is 0 Å². The largest absolute Gasteiger partial charge is 0.323 e. The molecule has 0 aromatic heterocycles. The molecule has 0 aliphatic rings. The van der Waals surface area contributed by atoms with Crippen molar-refractivity contribution >= 4 is 0 Å². The van der Waals surface area contributed by atoms with Crippen molar-refractivity contribution in [2.24, 2.45) is 5.90 Å². The Morgan fingerprint density at radius 1 is 1.40 bits per heavy atom. The molecule has 0 spiro atoms. The second-order valence-corrected chi connectivity index (χ2v) is 0.500. The Bertz CT molecular complexity index is 7.61. The van der Waals surface area contributed by atoms with Gasteiger partial charge in [-0.15, -0.1) is 0 Å². The van der Waals surface area contributed by atoms with Crippen molar-refractivity contribution in [1.29, 1.82) is 0 Å². The number of nitrogens with one attached hydrogen (secondary N) is 1. The minimum Gasteiger partial charge on any atom is -0.323 e. The van der Waals surface area contributed by atoms with Crippen LogP contribution < -0.4 is 11.2 Å². The van der Waals surface area contributed by atoms with E-state index in [1.807, 2.05) is 14.1 Å². The van der Waals surface area contributed by atoms with Gasteiger partial charge in [0.2, 0.25) is 0 Å². The second kappa shape index (κ2) is 41.6. The van der Waals surface area contributed by atoms with E-state index < -0.39 is 0 Å². The minimum atomic E-state index is 1.88. The van der Waals surface area contributed by atoms with Crippen LogP contribution in [0.4, 0.5) is 0 Å². The van der Waals surface area contributed by atoms with Crippen LogP contribution in [0.3, 0.4) is 0 Å². The van der Waals surface area contributed by atoms with E-state index in [-0.39, 0.29) is 0 Å². The molecule has 0 saturated heterocycles. The van der Waals surface area contributed by atoms with Crippen molar-refractivity contribution < 1.29 is 5.21 Å². The molecular weight excluding hydrogens is 68.0 g/mol. The summed E-state index contributed by atoms with van der Waals surface area (Å²) in [5.74, 6) is 3.50. The fourth-order valence-corrected chi connectivity index (χ4v) is 0. The molecule has 0 amide bonds. The second-order valence-electron chi connectivity index (χ2n) is 0.500. The zero-order chi connectivity index (χ0) is 4.71. The molecule has 34 valence electrons. The maximum atomic E-state index is 6.50. The van der Waals surface area contributed by atoms with Gasteiger partial charge in [-0.25, -0.2) is 5.90 Å². The molecule has 0 unspecified atom stereocenters. The van der Waals surface area contributed by atoms with E-state index in [0.717, 1.165) is 0 Å². The molecule has 4 N–H and O–H groups in total. The van der Waals surface area contributed by atoms with Gasteiger partial charge in [0.25, 0.3) is 0 Å². The lowest BCUT2D eigenvalue weighted by Crippen LogP contribution is -1.89. The average molecular weight is 78.1 g/mol. The van der Waals surface area contributed by atoms with Gasteiger partial charge in [-0.3, -0.25) is 0 Å². The summed E-state index contributed by atoms with van der Waals surface area (Å²) in [7, 11) is 3.75. The number of rotatable bonds is 0. The van der Waals surface area contributed by atoms with Crippen molar-refractivity contribution in [1.82, 2.24) is 5.32 Å². The van der Waals surface area contributed by atoms with E-state index in [1.165, 1.54) is 0 Å². The Balaban J connectivity index is 0. The van der Waals surface area contributed by atoms with Crippen LogP contribution in [0.5, 0.6) is 0 Å². The summed E-state index contributed by atoms with van der Waals surface area (Å²) in [6.45, 7) is 0. The summed E-state index contributed by atoms with van der Waals surface area (Å²) < 4.78 is 0. The molecular formula is C2H10N2O. The van der Waals surface area contributed by atoms with Crippen molar-refractivity contribution in [3.8, 4) is 0 Å². The molecule has 0 atom stereocenters. The Morgan fingerprint density at radius 3 is 1.40 bits per heavy atom. The molecule has 0 bridgehead atoms. The van der Waals surface area contributed by atoms with E-state index >= 15 is 0 Å². The zero-order valence-corrected chi connectivity index (χ0v) is 3.52. The van der Waals surface area contributed by atoms with Gasteiger partial charge in [0.15, 0.2) is 0 Å². The molecule has 5 heavy (non-hydrogen) atoms. The van der Waals surface area contributed by atoms with E-state index in [1.54, 1.807) is 0 Å². The van der Waals surface area contributed by atoms with Gasteiger partial charge in [-0.2, -0.15) is 0 Å². The summed E-state index contributed by atoms with van der Waals surface area (Å²) >= 11 is 0. The third kappa shape index (κ3) is 952. The predicted molar refractivity (Wildman–Crippen MR) is 21.0 cm³/mol.